The molecule has 0 bridgehead atoms. The van der Waals surface area contributed by atoms with Crippen LogP contribution in [-0.2, 0) is 24.6 Å². The summed E-state index contributed by atoms with van der Waals surface area (Å²) in [5.41, 5.74) is 6.55. The largest absolute Gasteiger partial charge is 0.507 e. The van der Waals surface area contributed by atoms with Gasteiger partial charge in [-0.3, -0.25) is 29.5 Å². The lowest BCUT2D eigenvalue weighted by Gasteiger charge is -2.50. The number of nitrogens with one attached hydrogen (secondary N) is 1. The van der Waals surface area contributed by atoms with Crippen molar-refractivity contribution in [2.45, 2.75) is 31.1 Å². The number of aryl methyl sites for hydroxylation is 1. The SMILES string of the molecule is COc1ccc(C23C(=O)N(Nc4ccc(Cl)cc4Cl)C(=O)C2CC2C(=CCC4C(=O)N(c5ccc(N=Nc6ccc(N(C)C)cc6)cc5)C(=O)C42)C3c2cccc(C)c2O)cc1. The number of halogens is 2. The lowest BCUT2D eigenvalue weighted by atomic mass is 9.49. The van der Waals surface area contributed by atoms with Crippen molar-refractivity contribution in [2.24, 2.45) is 33.9 Å². The second-order valence-electron chi connectivity index (χ2n) is 16.4. The number of nitrogens with zero attached hydrogens (tertiary/aromatic N) is 5. The fourth-order valence-electron chi connectivity index (χ4n) is 9.96. The number of benzene rings is 5. The van der Waals surface area contributed by atoms with Gasteiger partial charge in [-0.1, -0.05) is 65.2 Å². The van der Waals surface area contributed by atoms with Crippen molar-refractivity contribution in [3.05, 3.63) is 148 Å². The number of fused-ring (bicyclic) bond motifs is 4. The number of amides is 4. The Balaban J connectivity index is 1.12. The van der Waals surface area contributed by atoms with Crippen molar-refractivity contribution in [1.29, 1.82) is 0 Å². The third-order valence-corrected chi connectivity index (χ3v) is 13.5. The number of methoxy groups -OCH3 is 1. The van der Waals surface area contributed by atoms with Crippen molar-refractivity contribution < 1.29 is 29.0 Å². The molecule has 4 aliphatic rings. The fraction of sp³-hybridized carbons (Fsp3) is 0.250. The maximum Gasteiger partial charge on any atom is 0.260 e. The van der Waals surface area contributed by atoms with E-state index in [0.29, 0.717) is 50.1 Å². The van der Waals surface area contributed by atoms with Crippen LogP contribution in [0.25, 0.3) is 0 Å². The van der Waals surface area contributed by atoms with E-state index in [4.69, 9.17) is 27.9 Å². The molecule has 2 aliphatic heterocycles. The summed E-state index contributed by atoms with van der Waals surface area (Å²) < 4.78 is 5.49. The average molecular weight is 870 g/mol. The summed E-state index contributed by atoms with van der Waals surface area (Å²) in [7, 11) is 5.46. The zero-order valence-corrected chi connectivity index (χ0v) is 35.8. The van der Waals surface area contributed by atoms with Crippen LogP contribution >= 0.6 is 23.2 Å². The number of azo groups is 1. The van der Waals surface area contributed by atoms with Crippen molar-refractivity contribution >= 4 is 75.3 Å². The van der Waals surface area contributed by atoms with E-state index in [2.05, 4.69) is 15.7 Å². The molecule has 5 aromatic carbocycles. The minimum atomic E-state index is -1.61. The normalized spacial score (nSPS) is 24.2. The highest BCUT2D eigenvalue weighted by Gasteiger charge is 2.70. The lowest BCUT2D eigenvalue weighted by molar-refractivity contribution is -0.138. The van der Waals surface area contributed by atoms with E-state index in [1.54, 1.807) is 92.9 Å². The molecule has 62 heavy (non-hydrogen) atoms. The van der Waals surface area contributed by atoms with Gasteiger partial charge >= 0.3 is 0 Å². The Bertz CT molecular complexity index is 2700. The predicted molar refractivity (Wildman–Crippen MR) is 237 cm³/mol. The van der Waals surface area contributed by atoms with Gasteiger partial charge in [0.25, 0.3) is 11.8 Å². The Morgan fingerprint density at radius 2 is 1.50 bits per heavy atom. The van der Waals surface area contributed by atoms with Gasteiger partial charge in [0.2, 0.25) is 11.8 Å². The number of para-hydroxylation sites is 1. The number of hydrazine groups is 1. The number of hydrogen-bond donors (Lipinski definition) is 2. The first-order valence-corrected chi connectivity index (χ1v) is 21.0. The Morgan fingerprint density at radius 3 is 2.15 bits per heavy atom. The number of hydrogen-bond acceptors (Lipinski definition) is 10. The number of ether oxygens (including phenoxy) is 1. The summed E-state index contributed by atoms with van der Waals surface area (Å²) in [5.74, 6) is -5.49. The number of anilines is 3. The topological polar surface area (TPSA) is 144 Å². The molecule has 5 aromatic rings. The Hall–Kier alpha value is -6.50. The van der Waals surface area contributed by atoms with Crippen molar-refractivity contribution in [1.82, 2.24) is 5.01 Å². The fourth-order valence-corrected chi connectivity index (χ4v) is 10.4. The zero-order chi connectivity index (χ0) is 43.6. The van der Waals surface area contributed by atoms with Gasteiger partial charge in [-0.15, -0.1) is 0 Å². The molecule has 1 saturated carbocycles. The molecule has 14 heteroatoms. The van der Waals surface area contributed by atoms with E-state index in [1.165, 1.54) is 11.0 Å². The molecule has 2 heterocycles. The molecule has 0 radical (unpaired) electrons. The quantitative estimate of drug-likeness (QED) is 0.0847. The zero-order valence-electron chi connectivity index (χ0n) is 34.3. The van der Waals surface area contributed by atoms with Gasteiger partial charge in [0, 0.05) is 36.3 Å². The van der Waals surface area contributed by atoms with Crippen molar-refractivity contribution in [2.75, 3.05) is 36.4 Å². The molecule has 9 rings (SSSR count). The summed E-state index contributed by atoms with van der Waals surface area (Å²) >= 11 is 12.8. The maximum absolute atomic E-state index is 15.5. The molecular formula is C48H42Cl2N6O6. The molecule has 6 unspecified atom stereocenters. The summed E-state index contributed by atoms with van der Waals surface area (Å²) in [5, 5.41) is 22.2. The van der Waals surface area contributed by atoms with E-state index < -0.39 is 52.7 Å². The van der Waals surface area contributed by atoms with Crippen LogP contribution in [0.1, 0.15) is 35.4 Å². The number of allylic oxidation sites excluding steroid dienone is 2. The van der Waals surface area contributed by atoms with E-state index in [9.17, 15) is 14.7 Å². The standard InChI is InChI=1S/C48H42Cl2N6O6/c1-26-6-5-7-36(43(26)57)42-34-21-22-35-41(46(60)55(44(35)58)32-17-13-30(14-18-32)52-51-29-11-15-31(16-12-29)54(2)3)37(34)25-38-45(59)56(53-40-23-10-28(49)24-39(40)50)47(61)48(38,42)27-8-19-33(62-4)20-9-27/h5-21,23-24,35,37-38,41-42,53,57H,22,25H2,1-4H3. The number of imide groups is 2. The third kappa shape index (κ3) is 6.51. The predicted octanol–water partition coefficient (Wildman–Crippen LogP) is 9.69. The molecular weight excluding hydrogens is 827 g/mol. The molecule has 6 atom stereocenters. The number of rotatable bonds is 9. The highest BCUT2D eigenvalue weighted by Crippen LogP contribution is 2.65. The van der Waals surface area contributed by atoms with Crippen LogP contribution in [0.3, 0.4) is 0 Å². The van der Waals surface area contributed by atoms with Gasteiger partial charge in [0.05, 0.1) is 58.1 Å². The highest BCUT2D eigenvalue weighted by atomic mass is 35.5. The van der Waals surface area contributed by atoms with Crippen molar-refractivity contribution in [3.8, 4) is 11.5 Å². The molecule has 0 aromatic heterocycles. The molecule has 2 N–H and O–H groups in total. The molecule has 2 saturated heterocycles. The van der Waals surface area contributed by atoms with Crippen LogP contribution in [0.2, 0.25) is 10.0 Å². The molecule has 314 valence electrons. The number of phenolic OH excluding ortho intramolecular Hbond substituents is 1. The Kier molecular flexibility index (Phi) is 10.4. The van der Waals surface area contributed by atoms with Crippen LogP contribution in [0.15, 0.2) is 131 Å². The van der Waals surface area contributed by atoms with Crippen LogP contribution in [0.5, 0.6) is 11.5 Å². The molecule has 2 aliphatic carbocycles. The van der Waals surface area contributed by atoms with E-state index in [0.717, 1.165) is 10.7 Å². The van der Waals surface area contributed by atoms with Gasteiger partial charge in [-0.05, 0) is 116 Å². The molecule has 0 spiro atoms. The number of carbonyl (C=O) groups is 4. The minimum Gasteiger partial charge on any atom is -0.507 e. The number of aromatic hydroxyl groups is 1. The first-order chi connectivity index (χ1) is 29.8. The van der Waals surface area contributed by atoms with Crippen LogP contribution in [0, 0.1) is 30.6 Å². The summed E-state index contributed by atoms with van der Waals surface area (Å²) in [6.45, 7) is 1.77. The average Bonchev–Trinajstić information content (AvgIpc) is 3.65. The molecule has 12 nitrogen and oxygen atoms in total. The van der Waals surface area contributed by atoms with Gasteiger partial charge in [0.1, 0.15) is 11.5 Å². The smallest absolute Gasteiger partial charge is 0.260 e. The first-order valence-electron chi connectivity index (χ1n) is 20.2. The van der Waals surface area contributed by atoms with E-state index >= 15 is 9.59 Å². The lowest BCUT2D eigenvalue weighted by Crippen LogP contribution is -2.53. The van der Waals surface area contributed by atoms with Crippen LogP contribution < -0.4 is 20.0 Å². The van der Waals surface area contributed by atoms with E-state index in [-0.39, 0.29) is 35.2 Å². The Morgan fingerprint density at radius 1 is 0.823 bits per heavy atom. The van der Waals surface area contributed by atoms with Crippen LogP contribution in [-0.4, -0.2) is 54.9 Å². The molecule has 3 fully saturated rings. The summed E-state index contributed by atoms with van der Waals surface area (Å²) in [6.07, 6.45) is 2.24. The third-order valence-electron chi connectivity index (χ3n) is 12.9. The van der Waals surface area contributed by atoms with Gasteiger partial charge in [-0.2, -0.15) is 15.2 Å². The van der Waals surface area contributed by atoms with E-state index in [1.807, 2.05) is 49.3 Å². The molecule has 4 amide bonds. The van der Waals surface area contributed by atoms with Crippen LogP contribution in [0.4, 0.5) is 28.4 Å². The monoisotopic (exact) mass is 868 g/mol. The maximum atomic E-state index is 15.5. The minimum absolute atomic E-state index is 0.0292. The number of carbonyl (C=O) groups excluding carboxylic acids is 4. The van der Waals surface area contributed by atoms with Gasteiger partial charge in [0.15, 0.2) is 0 Å². The van der Waals surface area contributed by atoms with Gasteiger partial charge < -0.3 is 14.7 Å². The first kappa shape index (κ1) is 40.9. The van der Waals surface area contributed by atoms with Crippen molar-refractivity contribution in [3.63, 3.8) is 0 Å². The second kappa shape index (κ2) is 15.8. The van der Waals surface area contributed by atoms with Gasteiger partial charge in [-0.25, -0.2) is 0 Å². The summed E-state index contributed by atoms with van der Waals surface area (Å²) in [4.78, 5) is 63.0. The second-order valence-corrected chi connectivity index (χ2v) is 17.2. The number of phenols is 1. The Labute approximate surface area is 368 Å². The highest BCUT2D eigenvalue weighted by molar-refractivity contribution is 6.36. The summed E-state index contributed by atoms with van der Waals surface area (Å²) in [6, 6.07) is 31.5.